The molecule has 20 heavy (non-hydrogen) atoms. The zero-order valence-corrected chi connectivity index (χ0v) is 11.5. The molecule has 1 N–H and O–H groups in total. The summed E-state index contributed by atoms with van der Waals surface area (Å²) >= 11 is 0. The maximum absolute atomic E-state index is 13.2. The average Bonchev–Trinajstić information content (AvgIpc) is 2.89. The molecule has 1 aromatic carbocycles. The third-order valence-corrected chi connectivity index (χ3v) is 3.56. The van der Waals surface area contributed by atoms with Crippen molar-refractivity contribution in [1.82, 2.24) is 9.78 Å². The van der Waals surface area contributed by atoms with Crippen molar-refractivity contribution in [3.8, 4) is 5.75 Å². The summed E-state index contributed by atoms with van der Waals surface area (Å²) in [4.78, 5) is 0. The van der Waals surface area contributed by atoms with Gasteiger partial charge in [-0.1, -0.05) is 0 Å². The Hall–Kier alpha value is -1.88. The molecule has 2 atom stereocenters. The van der Waals surface area contributed by atoms with Crippen molar-refractivity contribution in [3.05, 3.63) is 47.5 Å². The summed E-state index contributed by atoms with van der Waals surface area (Å²) in [5, 5.41) is 14.4. The Labute approximate surface area is 116 Å². The molecule has 0 amide bonds. The highest BCUT2D eigenvalue weighted by atomic mass is 19.1. The Morgan fingerprint density at radius 2 is 2.25 bits per heavy atom. The molecule has 1 aromatic heterocycles. The maximum Gasteiger partial charge on any atom is 0.130 e. The molecule has 0 aliphatic carbocycles. The van der Waals surface area contributed by atoms with E-state index < -0.39 is 6.10 Å². The van der Waals surface area contributed by atoms with E-state index in [0.29, 0.717) is 17.7 Å². The lowest BCUT2D eigenvalue weighted by atomic mass is 9.96. The molecule has 1 aliphatic heterocycles. The predicted molar refractivity (Wildman–Crippen MR) is 72.0 cm³/mol. The molecule has 1 aliphatic rings. The van der Waals surface area contributed by atoms with Crippen LogP contribution in [0, 0.1) is 5.82 Å². The van der Waals surface area contributed by atoms with E-state index in [1.54, 1.807) is 12.3 Å². The standard InChI is InChI=1S/C15H17FN2O2/c1-9(2)18-8-10(7-17-18)15-6-13(19)12-5-11(16)3-4-14(12)20-15/h3-5,7-9,13,15,19H,6H2,1-2H3/t13-,15?/m1/s1. The van der Waals surface area contributed by atoms with Gasteiger partial charge in [0.15, 0.2) is 0 Å². The molecule has 3 rings (SSSR count). The van der Waals surface area contributed by atoms with Crippen molar-refractivity contribution in [2.75, 3.05) is 0 Å². The molecule has 106 valence electrons. The van der Waals surface area contributed by atoms with Crippen LogP contribution in [0.2, 0.25) is 0 Å². The van der Waals surface area contributed by atoms with Gasteiger partial charge in [-0.2, -0.15) is 5.10 Å². The Balaban J connectivity index is 1.88. The zero-order chi connectivity index (χ0) is 14.3. The van der Waals surface area contributed by atoms with E-state index in [0.717, 1.165) is 5.56 Å². The lowest BCUT2D eigenvalue weighted by molar-refractivity contribution is 0.0653. The number of halogens is 1. The summed E-state index contributed by atoms with van der Waals surface area (Å²) in [6.07, 6.45) is 3.11. The molecule has 0 spiro atoms. The SMILES string of the molecule is CC(C)n1cc(C2C[C@@H](O)c3cc(F)ccc3O2)cn1. The van der Waals surface area contributed by atoms with E-state index in [9.17, 15) is 9.50 Å². The fourth-order valence-corrected chi connectivity index (χ4v) is 2.42. The van der Waals surface area contributed by atoms with Crippen molar-refractivity contribution < 1.29 is 14.2 Å². The van der Waals surface area contributed by atoms with Crippen molar-refractivity contribution in [1.29, 1.82) is 0 Å². The molecular formula is C15H17FN2O2. The third kappa shape index (κ3) is 2.29. The zero-order valence-electron chi connectivity index (χ0n) is 11.5. The molecular weight excluding hydrogens is 259 g/mol. The Morgan fingerprint density at radius 3 is 2.95 bits per heavy atom. The van der Waals surface area contributed by atoms with Crippen LogP contribution >= 0.6 is 0 Å². The highest BCUT2D eigenvalue weighted by Crippen LogP contribution is 2.40. The van der Waals surface area contributed by atoms with Gasteiger partial charge in [0.05, 0.1) is 12.3 Å². The second kappa shape index (κ2) is 4.90. The number of aliphatic hydroxyl groups is 1. The number of hydrogen-bond donors (Lipinski definition) is 1. The molecule has 0 fully saturated rings. The number of rotatable bonds is 2. The van der Waals surface area contributed by atoms with E-state index in [2.05, 4.69) is 5.10 Å². The van der Waals surface area contributed by atoms with Gasteiger partial charge in [-0.25, -0.2) is 4.39 Å². The van der Waals surface area contributed by atoms with E-state index in [4.69, 9.17) is 4.74 Å². The van der Waals surface area contributed by atoms with Gasteiger partial charge in [0.1, 0.15) is 17.7 Å². The van der Waals surface area contributed by atoms with Crippen LogP contribution in [0.3, 0.4) is 0 Å². The van der Waals surface area contributed by atoms with Crippen molar-refractivity contribution in [2.45, 2.75) is 38.5 Å². The van der Waals surface area contributed by atoms with Crippen molar-refractivity contribution >= 4 is 0 Å². The average molecular weight is 276 g/mol. The molecule has 5 heteroatoms. The quantitative estimate of drug-likeness (QED) is 0.916. The fourth-order valence-electron chi connectivity index (χ4n) is 2.42. The molecule has 1 unspecified atom stereocenters. The monoisotopic (exact) mass is 276 g/mol. The van der Waals surface area contributed by atoms with Gasteiger partial charge in [-0.05, 0) is 32.0 Å². The summed E-state index contributed by atoms with van der Waals surface area (Å²) in [5.74, 6) is 0.171. The first kappa shape index (κ1) is 13.1. The van der Waals surface area contributed by atoms with Gasteiger partial charge in [0, 0.05) is 29.8 Å². The molecule has 0 bridgehead atoms. The normalized spacial score (nSPS) is 21.6. The van der Waals surface area contributed by atoms with Gasteiger partial charge in [0.2, 0.25) is 0 Å². The van der Waals surface area contributed by atoms with Crippen LogP contribution in [0.4, 0.5) is 4.39 Å². The van der Waals surface area contributed by atoms with E-state index in [1.807, 2.05) is 24.7 Å². The Bertz CT molecular complexity index is 624. The first-order valence-corrected chi connectivity index (χ1v) is 6.73. The highest BCUT2D eigenvalue weighted by Gasteiger charge is 2.29. The molecule has 2 heterocycles. The van der Waals surface area contributed by atoms with Crippen LogP contribution < -0.4 is 4.74 Å². The van der Waals surface area contributed by atoms with Gasteiger partial charge in [-0.15, -0.1) is 0 Å². The Kier molecular flexibility index (Phi) is 3.22. The summed E-state index contributed by atoms with van der Waals surface area (Å²) in [6, 6.07) is 4.50. The van der Waals surface area contributed by atoms with Crippen LogP contribution in [0.25, 0.3) is 0 Å². The number of benzene rings is 1. The van der Waals surface area contributed by atoms with Gasteiger partial charge < -0.3 is 9.84 Å². The van der Waals surface area contributed by atoms with Gasteiger partial charge >= 0.3 is 0 Å². The number of hydrogen-bond acceptors (Lipinski definition) is 3. The molecule has 2 aromatic rings. The van der Waals surface area contributed by atoms with Crippen LogP contribution in [0.15, 0.2) is 30.6 Å². The predicted octanol–water partition coefficient (Wildman–Crippen LogP) is 3.16. The maximum atomic E-state index is 13.2. The second-order valence-electron chi connectivity index (χ2n) is 5.39. The van der Waals surface area contributed by atoms with E-state index in [1.165, 1.54) is 12.1 Å². The molecule has 4 nitrogen and oxygen atoms in total. The first-order chi connectivity index (χ1) is 9.54. The smallest absolute Gasteiger partial charge is 0.130 e. The van der Waals surface area contributed by atoms with E-state index >= 15 is 0 Å². The first-order valence-electron chi connectivity index (χ1n) is 6.73. The van der Waals surface area contributed by atoms with Crippen molar-refractivity contribution in [2.24, 2.45) is 0 Å². The summed E-state index contributed by atoms with van der Waals surface area (Å²) in [6.45, 7) is 4.09. The third-order valence-electron chi connectivity index (χ3n) is 3.56. The molecule has 0 saturated carbocycles. The van der Waals surface area contributed by atoms with Crippen LogP contribution in [0.1, 0.15) is 49.6 Å². The molecule has 0 radical (unpaired) electrons. The van der Waals surface area contributed by atoms with Crippen LogP contribution in [-0.4, -0.2) is 14.9 Å². The fraction of sp³-hybridized carbons (Fsp3) is 0.400. The number of aromatic nitrogens is 2. The van der Waals surface area contributed by atoms with Gasteiger partial charge in [-0.3, -0.25) is 4.68 Å². The minimum atomic E-state index is -0.721. The number of fused-ring (bicyclic) bond motifs is 1. The van der Waals surface area contributed by atoms with Crippen LogP contribution in [0.5, 0.6) is 5.75 Å². The minimum absolute atomic E-state index is 0.254. The van der Waals surface area contributed by atoms with Crippen LogP contribution in [-0.2, 0) is 0 Å². The van der Waals surface area contributed by atoms with E-state index in [-0.39, 0.29) is 18.0 Å². The number of ether oxygens (including phenoxy) is 1. The topological polar surface area (TPSA) is 47.3 Å². The minimum Gasteiger partial charge on any atom is -0.485 e. The van der Waals surface area contributed by atoms with Crippen molar-refractivity contribution in [3.63, 3.8) is 0 Å². The number of nitrogens with zero attached hydrogens (tertiary/aromatic N) is 2. The lowest BCUT2D eigenvalue weighted by Crippen LogP contribution is -2.19. The second-order valence-corrected chi connectivity index (χ2v) is 5.39. The summed E-state index contributed by atoms with van der Waals surface area (Å²) < 4.78 is 20.9. The number of aliphatic hydroxyl groups excluding tert-OH is 1. The lowest BCUT2D eigenvalue weighted by Gasteiger charge is -2.29. The van der Waals surface area contributed by atoms with Gasteiger partial charge in [0.25, 0.3) is 0 Å². The largest absolute Gasteiger partial charge is 0.485 e. The highest BCUT2D eigenvalue weighted by molar-refractivity contribution is 5.38. The summed E-state index contributed by atoms with van der Waals surface area (Å²) in [7, 11) is 0. The summed E-state index contributed by atoms with van der Waals surface area (Å²) in [5.41, 5.74) is 1.44. The Morgan fingerprint density at radius 1 is 1.45 bits per heavy atom. The molecule has 0 saturated heterocycles.